The molecule has 4 nitrogen and oxygen atoms in total. The molecule has 0 aliphatic rings. The maximum Gasteiger partial charge on any atom is 0.303 e. The number of aromatic nitrogens is 2. The summed E-state index contributed by atoms with van der Waals surface area (Å²) in [5.41, 5.74) is 1.21. The smallest absolute Gasteiger partial charge is 0.303 e. The van der Waals surface area contributed by atoms with E-state index in [4.69, 9.17) is 5.11 Å². The zero-order chi connectivity index (χ0) is 13.9. The van der Waals surface area contributed by atoms with E-state index >= 15 is 0 Å². The van der Waals surface area contributed by atoms with Crippen molar-refractivity contribution in [1.29, 1.82) is 0 Å². The quantitative estimate of drug-likeness (QED) is 0.657. The molecular weight excluding hydrogens is 240 g/mol. The lowest BCUT2D eigenvalue weighted by molar-refractivity contribution is -0.137. The van der Waals surface area contributed by atoms with Crippen molar-refractivity contribution in [2.75, 3.05) is 0 Å². The van der Waals surface area contributed by atoms with Crippen LogP contribution in [-0.2, 0) is 11.2 Å². The van der Waals surface area contributed by atoms with Gasteiger partial charge in [-0.05, 0) is 31.7 Å². The van der Waals surface area contributed by atoms with Crippen molar-refractivity contribution < 1.29 is 9.90 Å². The van der Waals surface area contributed by atoms with E-state index in [1.165, 1.54) is 31.2 Å². The summed E-state index contributed by atoms with van der Waals surface area (Å²) in [7, 11) is 0. The number of rotatable bonds is 10. The summed E-state index contributed by atoms with van der Waals surface area (Å²) in [5, 5.41) is 8.50. The summed E-state index contributed by atoms with van der Waals surface area (Å²) in [4.78, 5) is 18.7. The third kappa shape index (κ3) is 8.30. The van der Waals surface area contributed by atoms with Gasteiger partial charge in [0.1, 0.15) is 5.82 Å². The number of aryl methyl sites for hydroxylation is 2. The van der Waals surface area contributed by atoms with Gasteiger partial charge in [0.05, 0.1) is 0 Å². The first kappa shape index (κ1) is 15.6. The molecule has 0 saturated carbocycles. The highest BCUT2D eigenvalue weighted by atomic mass is 16.4. The van der Waals surface area contributed by atoms with Gasteiger partial charge in [-0.15, -0.1) is 0 Å². The largest absolute Gasteiger partial charge is 0.481 e. The van der Waals surface area contributed by atoms with Gasteiger partial charge in [-0.1, -0.05) is 32.1 Å². The molecule has 1 aromatic heterocycles. The van der Waals surface area contributed by atoms with Crippen LogP contribution in [0.15, 0.2) is 12.4 Å². The Bertz CT molecular complexity index is 363. The number of carboxylic acid groups (broad SMARTS) is 1. The normalized spacial score (nSPS) is 10.6. The maximum atomic E-state index is 10.3. The van der Waals surface area contributed by atoms with Crippen LogP contribution < -0.4 is 0 Å². The van der Waals surface area contributed by atoms with E-state index in [9.17, 15) is 4.79 Å². The lowest BCUT2D eigenvalue weighted by Gasteiger charge is -2.02. The van der Waals surface area contributed by atoms with Gasteiger partial charge in [-0.2, -0.15) is 0 Å². The van der Waals surface area contributed by atoms with Gasteiger partial charge >= 0.3 is 5.97 Å². The molecule has 19 heavy (non-hydrogen) atoms. The van der Waals surface area contributed by atoms with E-state index in [2.05, 4.69) is 9.97 Å². The fourth-order valence-electron chi connectivity index (χ4n) is 2.04. The van der Waals surface area contributed by atoms with Gasteiger partial charge in [-0.3, -0.25) is 4.79 Å². The Kier molecular flexibility index (Phi) is 7.78. The van der Waals surface area contributed by atoms with Gasteiger partial charge in [0, 0.05) is 18.8 Å². The SMILES string of the molecule is Cc1ncc(CCCCCCCCCC(=O)O)cn1. The van der Waals surface area contributed by atoms with Crippen LogP contribution >= 0.6 is 0 Å². The molecule has 0 saturated heterocycles. The van der Waals surface area contributed by atoms with Crippen LogP contribution in [0.5, 0.6) is 0 Å². The number of carboxylic acids is 1. The number of carbonyl (C=O) groups is 1. The second kappa shape index (κ2) is 9.48. The lowest BCUT2D eigenvalue weighted by atomic mass is 10.1. The molecule has 0 spiro atoms. The molecule has 0 aliphatic heterocycles. The minimum atomic E-state index is -0.680. The lowest BCUT2D eigenvalue weighted by Crippen LogP contribution is -1.93. The van der Waals surface area contributed by atoms with Crippen LogP contribution in [0.1, 0.15) is 62.8 Å². The summed E-state index contributed by atoms with van der Waals surface area (Å²) in [6.45, 7) is 1.90. The van der Waals surface area contributed by atoms with Crippen molar-refractivity contribution in [3.63, 3.8) is 0 Å². The summed E-state index contributed by atoms with van der Waals surface area (Å²) in [6.07, 6.45) is 13.1. The Hall–Kier alpha value is -1.45. The fourth-order valence-corrected chi connectivity index (χ4v) is 2.04. The maximum absolute atomic E-state index is 10.3. The van der Waals surface area contributed by atoms with E-state index in [-0.39, 0.29) is 0 Å². The Balaban J connectivity index is 1.91. The zero-order valence-corrected chi connectivity index (χ0v) is 11.8. The predicted octanol–water partition coefficient (Wildman–Crippen LogP) is 3.53. The van der Waals surface area contributed by atoms with Crippen molar-refractivity contribution in [3.8, 4) is 0 Å². The first-order chi connectivity index (χ1) is 9.18. The molecule has 0 fully saturated rings. The third-order valence-electron chi connectivity index (χ3n) is 3.19. The molecule has 0 atom stereocenters. The summed E-state index contributed by atoms with van der Waals surface area (Å²) in [5.74, 6) is 0.144. The van der Waals surface area contributed by atoms with Crippen molar-refractivity contribution in [1.82, 2.24) is 9.97 Å². The van der Waals surface area contributed by atoms with Crippen molar-refractivity contribution in [2.45, 2.75) is 64.7 Å². The number of aliphatic carboxylic acids is 1. The standard InChI is InChI=1S/C15H24N2O2/c1-13-16-11-14(12-17-13)9-7-5-3-2-4-6-8-10-15(18)19/h11-12H,2-10H2,1H3,(H,18,19). The Morgan fingerprint density at radius 2 is 1.53 bits per heavy atom. The molecule has 0 aromatic carbocycles. The molecule has 4 heteroatoms. The Morgan fingerprint density at radius 1 is 1.00 bits per heavy atom. The first-order valence-corrected chi connectivity index (χ1v) is 7.18. The van der Waals surface area contributed by atoms with E-state index in [0.29, 0.717) is 6.42 Å². The predicted molar refractivity (Wildman–Crippen MR) is 75.0 cm³/mol. The molecule has 106 valence electrons. The molecule has 0 aliphatic carbocycles. The molecule has 1 heterocycles. The first-order valence-electron chi connectivity index (χ1n) is 7.18. The fraction of sp³-hybridized carbons (Fsp3) is 0.667. The zero-order valence-electron chi connectivity index (χ0n) is 11.8. The van der Waals surface area contributed by atoms with E-state index in [0.717, 1.165) is 31.5 Å². The van der Waals surface area contributed by atoms with Crippen LogP contribution in [0.25, 0.3) is 0 Å². The molecule has 0 radical (unpaired) electrons. The van der Waals surface area contributed by atoms with Crippen LogP contribution in [0.4, 0.5) is 0 Å². The second-order valence-corrected chi connectivity index (χ2v) is 5.01. The van der Waals surface area contributed by atoms with E-state index in [1.807, 2.05) is 19.3 Å². The van der Waals surface area contributed by atoms with Crippen LogP contribution in [0.2, 0.25) is 0 Å². The van der Waals surface area contributed by atoms with Gasteiger partial charge < -0.3 is 5.11 Å². The van der Waals surface area contributed by atoms with Gasteiger partial charge in [0.25, 0.3) is 0 Å². The molecular formula is C15H24N2O2. The minimum Gasteiger partial charge on any atom is -0.481 e. The van der Waals surface area contributed by atoms with Gasteiger partial charge in [0.15, 0.2) is 0 Å². The topological polar surface area (TPSA) is 63.1 Å². The van der Waals surface area contributed by atoms with Gasteiger partial charge in [-0.25, -0.2) is 9.97 Å². The summed E-state index contributed by atoms with van der Waals surface area (Å²) < 4.78 is 0. The van der Waals surface area contributed by atoms with E-state index < -0.39 is 5.97 Å². The number of unbranched alkanes of at least 4 members (excludes halogenated alkanes) is 6. The summed E-state index contributed by atoms with van der Waals surface area (Å²) in [6, 6.07) is 0. The second-order valence-electron chi connectivity index (χ2n) is 5.01. The molecule has 1 rings (SSSR count). The Morgan fingerprint density at radius 3 is 2.11 bits per heavy atom. The third-order valence-corrected chi connectivity index (χ3v) is 3.19. The average Bonchev–Trinajstić information content (AvgIpc) is 2.38. The number of hydrogen-bond donors (Lipinski definition) is 1. The minimum absolute atomic E-state index is 0.313. The molecule has 1 aromatic rings. The van der Waals surface area contributed by atoms with Crippen molar-refractivity contribution in [2.24, 2.45) is 0 Å². The average molecular weight is 264 g/mol. The highest BCUT2D eigenvalue weighted by Crippen LogP contribution is 2.10. The van der Waals surface area contributed by atoms with Crippen LogP contribution in [0.3, 0.4) is 0 Å². The van der Waals surface area contributed by atoms with Crippen LogP contribution in [-0.4, -0.2) is 21.0 Å². The number of nitrogens with zero attached hydrogens (tertiary/aromatic N) is 2. The van der Waals surface area contributed by atoms with Crippen molar-refractivity contribution >= 4 is 5.97 Å². The van der Waals surface area contributed by atoms with Crippen molar-refractivity contribution in [3.05, 3.63) is 23.8 Å². The molecule has 0 amide bonds. The van der Waals surface area contributed by atoms with Gasteiger partial charge in [0.2, 0.25) is 0 Å². The number of hydrogen-bond acceptors (Lipinski definition) is 3. The Labute approximate surface area is 115 Å². The van der Waals surface area contributed by atoms with E-state index in [1.54, 1.807) is 0 Å². The molecule has 1 N–H and O–H groups in total. The molecule has 0 bridgehead atoms. The monoisotopic (exact) mass is 264 g/mol. The van der Waals surface area contributed by atoms with Crippen LogP contribution in [0, 0.1) is 6.92 Å². The highest BCUT2D eigenvalue weighted by Gasteiger charge is 1.97. The summed E-state index contributed by atoms with van der Waals surface area (Å²) >= 11 is 0. The molecule has 0 unspecified atom stereocenters. The highest BCUT2D eigenvalue weighted by molar-refractivity contribution is 5.66.